The van der Waals surface area contributed by atoms with Crippen LogP contribution in [0.5, 0.6) is 11.5 Å². The maximum Gasteiger partial charge on any atom is 0.120 e. The third-order valence-corrected chi connectivity index (χ3v) is 9.29. The molecular formula is C32H42N2O2S. The molecule has 5 heteroatoms. The van der Waals surface area contributed by atoms with Gasteiger partial charge in [0.05, 0.1) is 7.11 Å². The number of phenols is 1. The smallest absolute Gasteiger partial charge is 0.120 e. The summed E-state index contributed by atoms with van der Waals surface area (Å²) in [5, 5.41) is 13.7. The van der Waals surface area contributed by atoms with Crippen molar-refractivity contribution in [1.29, 1.82) is 0 Å². The lowest BCUT2D eigenvalue weighted by Gasteiger charge is -2.28. The van der Waals surface area contributed by atoms with E-state index in [1.165, 1.54) is 83.9 Å². The van der Waals surface area contributed by atoms with Crippen LogP contribution in [0.4, 0.5) is 5.69 Å². The molecule has 0 spiro atoms. The highest BCUT2D eigenvalue weighted by atomic mass is 32.1. The molecule has 0 saturated carbocycles. The minimum atomic E-state index is 0.329. The van der Waals surface area contributed by atoms with Gasteiger partial charge in [0.1, 0.15) is 11.5 Å². The molecule has 3 aromatic rings. The van der Waals surface area contributed by atoms with Crippen LogP contribution in [-0.2, 0) is 25.7 Å². The largest absolute Gasteiger partial charge is 0.508 e. The minimum absolute atomic E-state index is 0.329. The van der Waals surface area contributed by atoms with E-state index in [1.807, 2.05) is 23.5 Å². The summed E-state index contributed by atoms with van der Waals surface area (Å²) < 4.78 is 5.58. The number of aromatic hydroxyl groups is 1. The van der Waals surface area contributed by atoms with Crippen LogP contribution in [0.1, 0.15) is 71.4 Å². The fourth-order valence-electron chi connectivity index (χ4n) is 6.06. The summed E-state index contributed by atoms with van der Waals surface area (Å²) in [5.74, 6) is 1.73. The molecule has 1 saturated heterocycles. The Labute approximate surface area is 226 Å². The minimum Gasteiger partial charge on any atom is -0.508 e. The Hall–Kier alpha value is -2.50. The number of rotatable bonds is 9. The lowest BCUT2D eigenvalue weighted by molar-refractivity contribution is 0.289. The lowest BCUT2D eigenvalue weighted by Crippen LogP contribution is -2.26. The Morgan fingerprint density at radius 1 is 1.00 bits per heavy atom. The summed E-state index contributed by atoms with van der Waals surface area (Å²) in [6.45, 7) is 6.04. The van der Waals surface area contributed by atoms with Gasteiger partial charge in [-0.1, -0.05) is 25.0 Å². The van der Waals surface area contributed by atoms with Gasteiger partial charge in [-0.2, -0.15) is 0 Å². The molecule has 1 aromatic heterocycles. The van der Waals surface area contributed by atoms with Gasteiger partial charge in [0.15, 0.2) is 0 Å². The molecule has 37 heavy (non-hydrogen) atoms. The monoisotopic (exact) mass is 518 g/mol. The topological polar surface area (TPSA) is 44.7 Å². The van der Waals surface area contributed by atoms with Crippen molar-refractivity contribution in [3.05, 3.63) is 75.0 Å². The van der Waals surface area contributed by atoms with E-state index >= 15 is 0 Å². The van der Waals surface area contributed by atoms with Crippen molar-refractivity contribution in [3.63, 3.8) is 0 Å². The number of likely N-dealkylation sites (tertiary alicyclic amines) is 1. The third kappa shape index (κ3) is 6.88. The maximum absolute atomic E-state index is 9.87. The second kappa shape index (κ2) is 12.4. The van der Waals surface area contributed by atoms with E-state index in [9.17, 15) is 5.11 Å². The second-order valence-corrected chi connectivity index (χ2v) is 12.2. The summed E-state index contributed by atoms with van der Waals surface area (Å²) in [5.41, 5.74) is 5.21. The normalized spacial score (nSPS) is 19.1. The average molecular weight is 519 g/mol. The van der Waals surface area contributed by atoms with Crippen LogP contribution < -0.4 is 10.1 Å². The summed E-state index contributed by atoms with van der Waals surface area (Å²) in [6, 6.07) is 17.4. The van der Waals surface area contributed by atoms with Gasteiger partial charge in [0.2, 0.25) is 0 Å². The molecule has 0 amide bonds. The fraction of sp³-hybridized carbons (Fsp3) is 0.500. The predicted octanol–water partition coefficient (Wildman–Crippen LogP) is 7.20. The molecule has 198 valence electrons. The number of nitrogens with one attached hydrogen (secondary N) is 1. The van der Waals surface area contributed by atoms with Crippen LogP contribution in [0.3, 0.4) is 0 Å². The number of nitrogens with zero attached hydrogens (tertiary/aromatic N) is 1. The molecule has 2 N–H and O–H groups in total. The Bertz CT molecular complexity index is 1170. The van der Waals surface area contributed by atoms with Crippen LogP contribution in [0.15, 0.2) is 48.5 Å². The Morgan fingerprint density at radius 2 is 1.81 bits per heavy atom. The van der Waals surface area contributed by atoms with Gasteiger partial charge in [-0.15, -0.1) is 11.3 Å². The van der Waals surface area contributed by atoms with Gasteiger partial charge in [0.25, 0.3) is 0 Å². The molecule has 2 aromatic carbocycles. The first-order valence-corrected chi connectivity index (χ1v) is 14.9. The number of aryl methyl sites for hydroxylation is 1. The van der Waals surface area contributed by atoms with Gasteiger partial charge >= 0.3 is 0 Å². The van der Waals surface area contributed by atoms with Crippen LogP contribution >= 0.6 is 11.3 Å². The number of hydrogen-bond donors (Lipinski definition) is 2. The third-order valence-electron chi connectivity index (χ3n) is 8.12. The first-order valence-electron chi connectivity index (χ1n) is 14.1. The van der Waals surface area contributed by atoms with Crippen LogP contribution in [0.25, 0.3) is 0 Å². The number of methoxy groups -OCH3 is 1. The number of fused-ring (bicyclic) bond motifs is 1. The zero-order chi connectivity index (χ0) is 25.6. The number of benzene rings is 2. The van der Waals surface area contributed by atoms with Crippen molar-refractivity contribution >= 4 is 17.0 Å². The van der Waals surface area contributed by atoms with E-state index in [0.29, 0.717) is 17.7 Å². The molecule has 2 atom stereocenters. The summed E-state index contributed by atoms with van der Waals surface area (Å²) in [4.78, 5) is 5.63. The van der Waals surface area contributed by atoms with Crippen LogP contribution in [-0.4, -0.2) is 42.8 Å². The quantitative estimate of drug-likeness (QED) is 0.314. The molecule has 1 fully saturated rings. The number of thiophene rings is 1. The van der Waals surface area contributed by atoms with Gasteiger partial charge in [-0.05, 0) is 111 Å². The predicted molar refractivity (Wildman–Crippen MR) is 156 cm³/mol. The molecule has 4 nitrogen and oxygen atoms in total. The molecule has 2 unspecified atom stereocenters. The SMILES string of the molecule is COc1ccc(C2CCc3cc(O)ccc3C2)c(NC(C)Cc2ccc(CCN3CCCCCC3)s2)c1. The molecule has 1 aliphatic heterocycles. The number of phenolic OH excluding ortho intramolecular Hbond substituents is 1. The van der Waals surface area contributed by atoms with Crippen molar-refractivity contribution in [2.24, 2.45) is 0 Å². The summed E-state index contributed by atoms with van der Waals surface area (Å²) in [7, 11) is 1.74. The van der Waals surface area contributed by atoms with Gasteiger partial charge < -0.3 is 20.1 Å². The molecule has 1 aliphatic carbocycles. The highest BCUT2D eigenvalue weighted by Crippen LogP contribution is 2.39. The Balaban J connectivity index is 1.22. The van der Waals surface area contributed by atoms with Crippen molar-refractivity contribution < 1.29 is 9.84 Å². The van der Waals surface area contributed by atoms with Crippen molar-refractivity contribution in [3.8, 4) is 11.5 Å². The van der Waals surface area contributed by atoms with Crippen LogP contribution in [0.2, 0.25) is 0 Å². The van der Waals surface area contributed by atoms with Crippen molar-refractivity contribution in [1.82, 2.24) is 4.90 Å². The first kappa shape index (κ1) is 26.1. The van der Waals surface area contributed by atoms with E-state index in [2.05, 4.69) is 53.5 Å². The highest BCUT2D eigenvalue weighted by molar-refractivity contribution is 7.12. The number of hydrogen-bond acceptors (Lipinski definition) is 5. The van der Waals surface area contributed by atoms with E-state index in [4.69, 9.17) is 4.74 Å². The summed E-state index contributed by atoms with van der Waals surface area (Å²) in [6.07, 6.45) is 10.8. The highest BCUT2D eigenvalue weighted by Gasteiger charge is 2.23. The first-order chi connectivity index (χ1) is 18.1. The van der Waals surface area contributed by atoms with Gasteiger partial charge in [-0.3, -0.25) is 0 Å². The van der Waals surface area contributed by atoms with E-state index < -0.39 is 0 Å². The second-order valence-electron chi connectivity index (χ2n) is 11.0. The fourth-order valence-corrected chi connectivity index (χ4v) is 7.20. The van der Waals surface area contributed by atoms with E-state index in [0.717, 1.165) is 31.4 Å². The van der Waals surface area contributed by atoms with Gasteiger partial charge in [0, 0.05) is 40.5 Å². The zero-order valence-electron chi connectivity index (χ0n) is 22.5. The molecule has 0 radical (unpaired) electrons. The van der Waals surface area contributed by atoms with Crippen molar-refractivity contribution in [2.75, 3.05) is 32.1 Å². The molecule has 0 bridgehead atoms. The molecule has 2 heterocycles. The molecule has 2 aliphatic rings. The number of ether oxygens (including phenoxy) is 1. The molecular weight excluding hydrogens is 476 g/mol. The van der Waals surface area contributed by atoms with Crippen LogP contribution in [0, 0.1) is 0 Å². The Morgan fingerprint density at radius 3 is 2.62 bits per heavy atom. The Kier molecular flexibility index (Phi) is 8.73. The summed E-state index contributed by atoms with van der Waals surface area (Å²) >= 11 is 1.99. The van der Waals surface area contributed by atoms with E-state index in [-0.39, 0.29) is 0 Å². The van der Waals surface area contributed by atoms with Crippen molar-refractivity contribution in [2.45, 2.75) is 76.7 Å². The average Bonchev–Trinajstić information content (AvgIpc) is 3.18. The lowest BCUT2D eigenvalue weighted by atomic mass is 9.79. The zero-order valence-corrected chi connectivity index (χ0v) is 23.3. The maximum atomic E-state index is 9.87. The molecule has 5 rings (SSSR count). The van der Waals surface area contributed by atoms with E-state index in [1.54, 1.807) is 7.11 Å². The number of anilines is 1. The standard InChI is InChI=1S/C32H42N2O2S/c1-23(19-30-13-12-29(37-30)15-18-34-16-5-3-4-6-17-34)33-32-22-28(36-2)11-14-31(32)26-8-7-25-21-27(35)10-9-24(25)20-26/h9-14,21-23,26,33,35H,3-8,15-20H2,1-2H3. The van der Waals surface area contributed by atoms with Gasteiger partial charge in [-0.25, -0.2) is 0 Å².